The molecule has 0 saturated carbocycles. The molecule has 0 bridgehead atoms. The fraction of sp³-hybridized carbons (Fsp3) is 0.297. The zero-order chi connectivity index (χ0) is 30.7. The van der Waals surface area contributed by atoms with E-state index in [9.17, 15) is 14.7 Å². The minimum atomic E-state index is -1.35. The molecule has 42 heavy (non-hydrogen) atoms. The van der Waals surface area contributed by atoms with Crippen LogP contribution in [0.1, 0.15) is 75.3 Å². The highest BCUT2D eigenvalue weighted by atomic mass is 16.6. The Labute approximate surface area is 249 Å². The number of hydrogen-bond donors (Lipinski definition) is 1. The van der Waals surface area contributed by atoms with E-state index in [2.05, 4.69) is 0 Å². The topological polar surface area (TPSA) is 72.8 Å². The van der Waals surface area contributed by atoms with Crippen LogP contribution in [0.15, 0.2) is 97.1 Å². The molecule has 0 heterocycles. The van der Waals surface area contributed by atoms with Crippen molar-refractivity contribution in [2.75, 3.05) is 0 Å². The van der Waals surface area contributed by atoms with Crippen LogP contribution in [0.4, 0.5) is 0 Å². The first kappa shape index (κ1) is 30.6. The normalized spacial score (nSPS) is 12.6. The number of rotatable bonds is 7. The fourth-order valence-electron chi connectivity index (χ4n) is 5.13. The van der Waals surface area contributed by atoms with Gasteiger partial charge in [-0.3, -0.25) is 9.59 Å². The maximum atomic E-state index is 14.1. The van der Waals surface area contributed by atoms with Crippen molar-refractivity contribution in [1.29, 1.82) is 0 Å². The first-order chi connectivity index (χ1) is 19.8. The molecule has 1 atom stereocenters. The predicted molar refractivity (Wildman–Crippen MR) is 166 cm³/mol. The van der Waals surface area contributed by atoms with Crippen molar-refractivity contribution in [3.63, 3.8) is 0 Å². The molecule has 4 aromatic rings. The van der Waals surface area contributed by atoms with E-state index in [0.717, 1.165) is 22.3 Å². The number of para-hydroxylation sites is 2. The summed E-state index contributed by atoms with van der Waals surface area (Å²) < 4.78 is 11.6. The lowest BCUT2D eigenvalue weighted by Gasteiger charge is -2.31. The van der Waals surface area contributed by atoms with Gasteiger partial charge in [-0.05, 0) is 64.3 Å². The maximum absolute atomic E-state index is 14.1. The van der Waals surface area contributed by atoms with Gasteiger partial charge in [-0.25, -0.2) is 0 Å². The molecule has 1 N–H and O–H groups in total. The minimum Gasteiger partial charge on any atom is -0.507 e. The number of carbonyl (C=O) groups is 2. The van der Waals surface area contributed by atoms with Gasteiger partial charge in [0.1, 0.15) is 17.2 Å². The van der Waals surface area contributed by atoms with Crippen LogP contribution in [0.5, 0.6) is 17.2 Å². The molecular weight excluding hydrogens is 524 g/mol. The summed E-state index contributed by atoms with van der Waals surface area (Å²) in [6, 6.07) is 29.0. The van der Waals surface area contributed by atoms with Crippen LogP contribution in [-0.2, 0) is 20.4 Å². The highest BCUT2D eigenvalue weighted by molar-refractivity contribution is 5.98. The number of aryl methyl sites for hydroxylation is 1. The van der Waals surface area contributed by atoms with E-state index in [1.54, 1.807) is 48.5 Å². The van der Waals surface area contributed by atoms with Gasteiger partial charge in [-0.2, -0.15) is 0 Å². The number of ether oxygens (including phenoxy) is 2. The second-order valence-electron chi connectivity index (χ2n) is 12.8. The molecule has 0 aliphatic carbocycles. The molecule has 0 amide bonds. The molecule has 0 aliphatic rings. The smallest absolute Gasteiger partial charge is 0.326 e. The van der Waals surface area contributed by atoms with Crippen molar-refractivity contribution < 1.29 is 24.2 Å². The Morgan fingerprint density at radius 2 is 1.07 bits per heavy atom. The Hall–Kier alpha value is -4.38. The van der Waals surface area contributed by atoms with E-state index in [1.165, 1.54) is 0 Å². The molecule has 0 spiro atoms. The quantitative estimate of drug-likeness (QED) is 0.139. The number of benzene rings is 4. The van der Waals surface area contributed by atoms with Crippen LogP contribution in [-0.4, -0.2) is 17.0 Å². The number of aromatic hydroxyl groups is 1. The van der Waals surface area contributed by atoms with E-state index < -0.39 is 34.6 Å². The van der Waals surface area contributed by atoms with E-state index in [1.807, 2.05) is 97.0 Å². The maximum Gasteiger partial charge on any atom is 0.326 e. The van der Waals surface area contributed by atoms with Crippen LogP contribution < -0.4 is 9.47 Å². The van der Waals surface area contributed by atoms with Crippen molar-refractivity contribution >= 4 is 11.9 Å². The molecule has 0 aliphatic heterocycles. The lowest BCUT2D eigenvalue weighted by atomic mass is 9.73. The summed E-state index contributed by atoms with van der Waals surface area (Å²) >= 11 is 0. The van der Waals surface area contributed by atoms with Gasteiger partial charge < -0.3 is 14.6 Å². The second kappa shape index (κ2) is 12.2. The van der Waals surface area contributed by atoms with Gasteiger partial charge >= 0.3 is 11.9 Å². The zero-order valence-corrected chi connectivity index (χ0v) is 25.5. The number of esters is 2. The predicted octanol–water partition coefficient (Wildman–Crippen LogP) is 8.25. The Balaban J connectivity index is 1.98. The van der Waals surface area contributed by atoms with Crippen LogP contribution in [0.3, 0.4) is 0 Å². The van der Waals surface area contributed by atoms with Crippen molar-refractivity contribution in [2.24, 2.45) is 5.92 Å². The Bertz CT molecular complexity index is 1450. The van der Waals surface area contributed by atoms with Gasteiger partial charge in [-0.15, -0.1) is 0 Å². The van der Waals surface area contributed by atoms with Gasteiger partial charge in [0.25, 0.3) is 0 Å². The third-order valence-electron chi connectivity index (χ3n) is 7.27. The third kappa shape index (κ3) is 7.09. The van der Waals surface area contributed by atoms with Gasteiger partial charge in [0, 0.05) is 5.92 Å². The molecule has 0 aromatic heterocycles. The largest absolute Gasteiger partial charge is 0.507 e. The van der Waals surface area contributed by atoms with Crippen LogP contribution in [0.2, 0.25) is 0 Å². The molecule has 5 heteroatoms. The number of phenols is 1. The Kier molecular flexibility index (Phi) is 8.91. The van der Waals surface area contributed by atoms with Crippen LogP contribution >= 0.6 is 0 Å². The summed E-state index contributed by atoms with van der Waals surface area (Å²) in [5.41, 5.74) is 3.09. The van der Waals surface area contributed by atoms with Crippen molar-refractivity contribution in [3.05, 3.63) is 125 Å². The molecule has 0 fully saturated rings. The second-order valence-corrected chi connectivity index (χ2v) is 12.8. The number of phenolic OH excluding ortho intramolecular Hbond substituents is 1. The summed E-state index contributed by atoms with van der Waals surface area (Å²) in [6.07, 6.45) is 0. The average Bonchev–Trinajstić information content (AvgIpc) is 2.91. The fourth-order valence-corrected chi connectivity index (χ4v) is 5.13. The summed E-state index contributed by atoms with van der Waals surface area (Å²) in [5.74, 6) is -2.68. The van der Waals surface area contributed by atoms with E-state index in [-0.39, 0.29) is 5.75 Å². The van der Waals surface area contributed by atoms with Crippen LogP contribution in [0.25, 0.3) is 0 Å². The van der Waals surface area contributed by atoms with Crippen molar-refractivity contribution in [2.45, 2.75) is 65.2 Å². The minimum absolute atomic E-state index is 0.219. The van der Waals surface area contributed by atoms with Gasteiger partial charge in [-0.1, -0.05) is 120 Å². The van der Waals surface area contributed by atoms with E-state index in [4.69, 9.17) is 9.47 Å². The van der Waals surface area contributed by atoms with E-state index in [0.29, 0.717) is 17.1 Å². The highest BCUT2D eigenvalue weighted by Crippen LogP contribution is 2.44. The first-order valence-corrected chi connectivity index (χ1v) is 14.2. The van der Waals surface area contributed by atoms with Gasteiger partial charge in [0.15, 0.2) is 5.92 Å². The SMILES string of the molecule is Cc1cccc([C@H](c2cc(C(C)(C)C)c(O)c(C(C)(C)C)c2)C(C(=O)Oc2ccccc2)C(=O)Oc2ccccc2)c1. The average molecular weight is 565 g/mol. The molecule has 0 unspecified atom stereocenters. The zero-order valence-electron chi connectivity index (χ0n) is 25.5. The highest BCUT2D eigenvalue weighted by Gasteiger charge is 2.42. The van der Waals surface area contributed by atoms with E-state index >= 15 is 0 Å². The van der Waals surface area contributed by atoms with Gasteiger partial charge in [0.05, 0.1) is 0 Å². The number of carbonyl (C=O) groups excluding carboxylic acids is 2. The summed E-state index contributed by atoms with van der Waals surface area (Å²) in [7, 11) is 0. The molecule has 4 aromatic carbocycles. The Morgan fingerprint density at radius 3 is 1.48 bits per heavy atom. The lowest BCUT2D eigenvalue weighted by molar-refractivity contribution is -0.152. The lowest BCUT2D eigenvalue weighted by Crippen LogP contribution is -2.37. The molecule has 0 saturated heterocycles. The first-order valence-electron chi connectivity index (χ1n) is 14.2. The summed E-state index contributed by atoms with van der Waals surface area (Å²) in [6.45, 7) is 14.2. The molecule has 218 valence electrons. The standard InChI is InChI=1S/C37H40O5/c1-24-15-14-16-25(21-24)31(26-22-29(36(2,3)4)33(38)30(23-26)37(5,6)7)32(34(39)41-27-17-10-8-11-18-27)35(40)42-28-19-12-9-13-20-28/h8-23,31-32,38H,1-7H3/t31-/m1/s1. The molecule has 5 nitrogen and oxygen atoms in total. The number of hydrogen-bond acceptors (Lipinski definition) is 5. The van der Waals surface area contributed by atoms with Crippen LogP contribution in [0, 0.1) is 12.8 Å². The molecular formula is C37H40O5. The van der Waals surface area contributed by atoms with Gasteiger partial charge in [0.2, 0.25) is 0 Å². The van der Waals surface area contributed by atoms with Crippen molar-refractivity contribution in [3.8, 4) is 17.2 Å². The summed E-state index contributed by atoms with van der Waals surface area (Å²) in [5, 5.41) is 11.4. The summed E-state index contributed by atoms with van der Waals surface area (Å²) in [4.78, 5) is 28.2. The Morgan fingerprint density at radius 1 is 0.619 bits per heavy atom. The van der Waals surface area contributed by atoms with Crippen molar-refractivity contribution in [1.82, 2.24) is 0 Å². The molecule has 0 radical (unpaired) electrons. The monoisotopic (exact) mass is 564 g/mol. The third-order valence-corrected chi connectivity index (χ3v) is 7.27. The molecule has 4 rings (SSSR count).